The number of rotatable bonds is 2. The molecular formula is C19H17N5. The number of anilines is 3. The lowest BCUT2D eigenvalue weighted by molar-refractivity contribution is 1.21. The molecule has 2 aromatic carbocycles. The minimum Gasteiger partial charge on any atom is -0.383 e. The zero-order valence-electron chi connectivity index (χ0n) is 13.5. The van der Waals surface area contributed by atoms with Crippen molar-refractivity contribution in [2.45, 2.75) is 13.8 Å². The van der Waals surface area contributed by atoms with E-state index in [-0.39, 0.29) is 0 Å². The minimum absolute atomic E-state index is 0.530. The lowest BCUT2D eigenvalue weighted by atomic mass is 10.1. The fraction of sp³-hybridized carbons (Fsp3) is 0.105. The van der Waals surface area contributed by atoms with Crippen LogP contribution in [-0.2, 0) is 0 Å². The van der Waals surface area contributed by atoms with Gasteiger partial charge < -0.3 is 11.1 Å². The van der Waals surface area contributed by atoms with Crippen LogP contribution in [0.1, 0.15) is 11.1 Å². The second-order valence-corrected chi connectivity index (χ2v) is 5.97. The van der Waals surface area contributed by atoms with E-state index in [0.717, 1.165) is 44.3 Å². The molecule has 5 heteroatoms. The van der Waals surface area contributed by atoms with Gasteiger partial charge in [0.25, 0.3) is 0 Å². The highest BCUT2D eigenvalue weighted by Gasteiger charge is 2.09. The van der Waals surface area contributed by atoms with E-state index in [9.17, 15) is 0 Å². The maximum atomic E-state index is 6.03. The topological polar surface area (TPSA) is 76.7 Å². The van der Waals surface area contributed by atoms with Crippen LogP contribution in [0.4, 0.5) is 17.3 Å². The van der Waals surface area contributed by atoms with Crippen molar-refractivity contribution in [1.29, 1.82) is 0 Å². The van der Waals surface area contributed by atoms with E-state index in [2.05, 4.69) is 45.4 Å². The van der Waals surface area contributed by atoms with E-state index in [0.29, 0.717) is 5.82 Å². The van der Waals surface area contributed by atoms with Crippen LogP contribution in [0.2, 0.25) is 0 Å². The summed E-state index contributed by atoms with van der Waals surface area (Å²) in [5.74, 6) is 1.29. The normalized spacial score (nSPS) is 11.1. The van der Waals surface area contributed by atoms with Gasteiger partial charge in [0.1, 0.15) is 18.0 Å². The Morgan fingerprint density at radius 1 is 0.833 bits per heavy atom. The minimum atomic E-state index is 0.530. The monoisotopic (exact) mass is 315 g/mol. The fourth-order valence-corrected chi connectivity index (χ4v) is 2.88. The molecule has 0 saturated carbocycles. The van der Waals surface area contributed by atoms with E-state index in [1.165, 1.54) is 0 Å². The molecule has 118 valence electrons. The zero-order chi connectivity index (χ0) is 16.7. The average molecular weight is 315 g/mol. The first-order chi connectivity index (χ1) is 11.6. The smallest absolute Gasteiger partial charge is 0.141 e. The first-order valence-electron chi connectivity index (χ1n) is 7.75. The molecule has 4 rings (SSSR count). The number of nitrogens with two attached hydrogens (primary N) is 1. The summed E-state index contributed by atoms with van der Waals surface area (Å²) in [7, 11) is 0. The number of nitrogens with one attached hydrogen (secondary N) is 1. The Bertz CT molecular complexity index is 1070. The Labute approximate surface area is 139 Å². The van der Waals surface area contributed by atoms with Crippen LogP contribution in [0, 0.1) is 13.8 Å². The summed E-state index contributed by atoms with van der Waals surface area (Å²) in [6.07, 6.45) is 3.31. The van der Waals surface area contributed by atoms with E-state index in [4.69, 9.17) is 5.73 Å². The van der Waals surface area contributed by atoms with Crippen LogP contribution in [0.3, 0.4) is 0 Å². The highest BCUT2D eigenvalue weighted by Crippen LogP contribution is 2.31. The first kappa shape index (κ1) is 14.4. The second-order valence-electron chi connectivity index (χ2n) is 5.97. The molecule has 0 spiro atoms. The molecule has 2 heterocycles. The van der Waals surface area contributed by atoms with Crippen molar-refractivity contribution in [1.82, 2.24) is 15.0 Å². The predicted octanol–water partition coefficient (Wildman–Crippen LogP) is 4.12. The van der Waals surface area contributed by atoms with Crippen LogP contribution in [0.5, 0.6) is 0 Å². The maximum Gasteiger partial charge on any atom is 0.141 e. The summed E-state index contributed by atoms with van der Waals surface area (Å²) < 4.78 is 0. The molecule has 0 aliphatic heterocycles. The fourth-order valence-electron chi connectivity index (χ4n) is 2.88. The van der Waals surface area contributed by atoms with Gasteiger partial charge in [-0.2, -0.15) is 0 Å². The molecule has 0 bridgehead atoms. The maximum absolute atomic E-state index is 6.03. The van der Waals surface area contributed by atoms with Crippen molar-refractivity contribution < 1.29 is 0 Å². The number of fused-ring (bicyclic) bond motifs is 2. The Morgan fingerprint density at radius 2 is 1.58 bits per heavy atom. The standard InChI is InChI=1S/C19H17N5/c1-11-3-5-13-14(7-11)18(20)21-9-17(13)24-19-15-8-12(2)4-6-16(15)22-10-23-19/h3-10H,1-2H3,(H2,20,21)(H,22,23,24). The third-order valence-corrected chi connectivity index (χ3v) is 4.12. The molecular weight excluding hydrogens is 298 g/mol. The van der Waals surface area contributed by atoms with Crippen LogP contribution in [-0.4, -0.2) is 15.0 Å². The molecule has 0 fully saturated rings. The van der Waals surface area contributed by atoms with E-state index in [1.807, 2.05) is 25.1 Å². The van der Waals surface area contributed by atoms with Gasteiger partial charge in [0.2, 0.25) is 0 Å². The highest BCUT2D eigenvalue weighted by molar-refractivity contribution is 6.02. The summed E-state index contributed by atoms with van der Waals surface area (Å²) in [6, 6.07) is 12.3. The summed E-state index contributed by atoms with van der Waals surface area (Å²) in [6.45, 7) is 4.10. The largest absolute Gasteiger partial charge is 0.383 e. The number of pyridine rings is 1. The van der Waals surface area contributed by atoms with E-state index >= 15 is 0 Å². The van der Waals surface area contributed by atoms with Gasteiger partial charge in [-0.3, -0.25) is 0 Å². The molecule has 5 nitrogen and oxygen atoms in total. The number of nitrogens with zero attached hydrogens (tertiary/aromatic N) is 3. The molecule has 2 aromatic heterocycles. The Hall–Kier alpha value is -3.21. The molecule has 0 unspecified atom stereocenters. The van der Waals surface area contributed by atoms with E-state index < -0.39 is 0 Å². The molecule has 0 radical (unpaired) electrons. The average Bonchev–Trinajstić information content (AvgIpc) is 2.58. The molecule has 0 atom stereocenters. The van der Waals surface area contributed by atoms with Gasteiger partial charge in [-0.1, -0.05) is 29.3 Å². The third kappa shape index (κ3) is 2.40. The van der Waals surface area contributed by atoms with Gasteiger partial charge in [0.05, 0.1) is 17.4 Å². The number of hydrogen-bond acceptors (Lipinski definition) is 5. The Balaban J connectivity index is 1.89. The molecule has 0 saturated heterocycles. The van der Waals surface area contributed by atoms with E-state index in [1.54, 1.807) is 12.5 Å². The molecule has 24 heavy (non-hydrogen) atoms. The first-order valence-corrected chi connectivity index (χ1v) is 7.75. The van der Waals surface area contributed by atoms with Crippen LogP contribution >= 0.6 is 0 Å². The van der Waals surface area contributed by atoms with Gasteiger partial charge in [-0.15, -0.1) is 0 Å². The lowest BCUT2D eigenvalue weighted by Crippen LogP contribution is -2.00. The van der Waals surface area contributed by atoms with Crippen molar-refractivity contribution in [3.8, 4) is 0 Å². The zero-order valence-corrected chi connectivity index (χ0v) is 13.5. The summed E-state index contributed by atoms with van der Waals surface area (Å²) in [4.78, 5) is 13.0. The number of hydrogen-bond donors (Lipinski definition) is 2. The van der Waals surface area contributed by atoms with Gasteiger partial charge in [0, 0.05) is 16.2 Å². The second kappa shape index (κ2) is 5.45. The highest BCUT2D eigenvalue weighted by atomic mass is 15.0. The molecule has 0 amide bonds. The summed E-state index contributed by atoms with van der Waals surface area (Å²) in [5, 5.41) is 6.34. The van der Waals surface area contributed by atoms with Gasteiger partial charge in [0.15, 0.2) is 0 Å². The summed E-state index contributed by atoms with van der Waals surface area (Å²) in [5.41, 5.74) is 10.1. The van der Waals surface area contributed by atoms with Crippen LogP contribution in [0.25, 0.3) is 21.7 Å². The number of aromatic nitrogens is 3. The predicted molar refractivity (Wildman–Crippen MR) is 98.5 cm³/mol. The van der Waals surface area contributed by atoms with Crippen molar-refractivity contribution in [3.63, 3.8) is 0 Å². The Morgan fingerprint density at radius 3 is 2.42 bits per heavy atom. The SMILES string of the molecule is Cc1ccc2ncnc(Nc3cnc(N)c4cc(C)ccc34)c2c1. The number of nitrogen functional groups attached to an aromatic ring is 1. The van der Waals surface area contributed by atoms with Gasteiger partial charge in [-0.25, -0.2) is 15.0 Å². The van der Waals surface area contributed by atoms with Crippen molar-refractivity contribution in [2.75, 3.05) is 11.1 Å². The molecule has 0 aliphatic rings. The van der Waals surface area contributed by atoms with Crippen molar-refractivity contribution in [2.24, 2.45) is 0 Å². The number of benzene rings is 2. The molecule has 0 aliphatic carbocycles. The summed E-state index contributed by atoms with van der Waals surface area (Å²) >= 11 is 0. The molecule has 4 aromatic rings. The van der Waals surface area contributed by atoms with Crippen LogP contribution in [0.15, 0.2) is 48.9 Å². The number of aryl methyl sites for hydroxylation is 2. The van der Waals surface area contributed by atoms with Crippen molar-refractivity contribution >= 4 is 39.0 Å². The third-order valence-electron chi connectivity index (χ3n) is 4.12. The van der Waals surface area contributed by atoms with Gasteiger partial charge in [-0.05, 0) is 32.0 Å². The van der Waals surface area contributed by atoms with Gasteiger partial charge >= 0.3 is 0 Å². The molecule has 3 N–H and O–H groups in total. The van der Waals surface area contributed by atoms with Crippen LogP contribution < -0.4 is 11.1 Å². The lowest BCUT2D eigenvalue weighted by Gasteiger charge is -2.12. The van der Waals surface area contributed by atoms with Crippen molar-refractivity contribution in [3.05, 3.63) is 60.0 Å². The Kier molecular flexibility index (Phi) is 3.27. The quantitative estimate of drug-likeness (QED) is 0.582.